The number of ether oxygens (including phenoxy) is 9. The van der Waals surface area contributed by atoms with E-state index < -0.39 is 134 Å². The van der Waals surface area contributed by atoms with Gasteiger partial charge < -0.3 is 93.7 Å². The fourth-order valence-electron chi connectivity index (χ4n) is 14.3. The fraction of sp³-hybridized carbons (Fsp3) is 0.936. The molecule has 0 radical (unpaired) electrons. The molecule has 0 bridgehead atoms. The summed E-state index contributed by atoms with van der Waals surface area (Å²) in [4.78, 5) is 11.6. The van der Waals surface area contributed by atoms with Gasteiger partial charge in [-0.1, -0.05) is 32.4 Å². The molecule has 8 fully saturated rings. The van der Waals surface area contributed by atoms with Crippen LogP contribution >= 0.6 is 0 Å². The number of rotatable bonds is 10. The third kappa shape index (κ3) is 8.27. The van der Waals surface area contributed by atoms with Crippen molar-refractivity contribution in [3.8, 4) is 0 Å². The van der Waals surface area contributed by atoms with Crippen LogP contribution in [0.25, 0.3) is 0 Å². The van der Waals surface area contributed by atoms with Gasteiger partial charge in [-0.05, 0) is 81.5 Å². The Bertz CT molecular complexity index is 1800. The van der Waals surface area contributed by atoms with Gasteiger partial charge in [0, 0.05) is 30.6 Å². The lowest BCUT2D eigenvalue weighted by Gasteiger charge is -2.60. The first-order valence-electron chi connectivity index (χ1n) is 24.5. The van der Waals surface area contributed by atoms with E-state index in [9.17, 15) is 55.9 Å². The molecule has 0 amide bonds. The van der Waals surface area contributed by atoms with Crippen LogP contribution < -0.4 is 0 Å². The molecular weight excluding hydrogens is 884 g/mol. The Morgan fingerprint density at radius 2 is 1.43 bits per heavy atom. The van der Waals surface area contributed by atoms with Gasteiger partial charge in [-0.3, -0.25) is 4.79 Å². The van der Waals surface area contributed by atoms with E-state index in [1.807, 2.05) is 0 Å². The molecule has 0 aromatic heterocycles. The predicted octanol–water partition coefficient (Wildman–Crippen LogP) is -1.13. The lowest BCUT2D eigenvalue weighted by Crippen LogP contribution is -2.64. The Kier molecular flexibility index (Phi) is 14.2. The second-order valence-electron chi connectivity index (χ2n) is 21.7. The van der Waals surface area contributed by atoms with Crippen LogP contribution in [0.15, 0.2) is 11.6 Å². The Balaban J connectivity index is 0.835. The van der Waals surface area contributed by atoms with Gasteiger partial charge in [0.15, 0.2) is 30.8 Å². The molecule has 0 aromatic carbocycles. The van der Waals surface area contributed by atoms with Crippen molar-refractivity contribution in [1.82, 2.24) is 0 Å². The molecule has 5 heterocycles. The molecule has 26 unspecified atom stereocenters. The number of fused-ring (bicyclic) bond motifs is 7. The molecule has 10 N–H and O–H groups in total. The van der Waals surface area contributed by atoms with Crippen LogP contribution in [-0.4, -0.2) is 199 Å². The molecule has 0 aromatic rings. The minimum atomic E-state index is -1.69. The van der Waals surface area contributed by atoms with Gasteiger partial charge in [0.05, 0.1) is 44.7 Å². The maximum absolute atomic E-state index is 13.0. The minimum Gasteiger partial charge on any atom is -0.457 e. The van der Waals surface area contributed by atoms with E-state index in [0.717, 1.165) is 25.7 Å². The smallest absolute Gasteiger partial charge is 0.303 e. The molecule has 5 saturated heterocycles. The topological polar surface area (TPSA) is 302 Å². The molecule has 67 heavy (non-hydrogen) atoms. The third-order valence-corrected chi connectivity index (χ3v) is 18.3. The summed E-state index contributed by atoms with van der Waals surface area (Å²) in [6.45, 7) is 8.63. The normalized spacial score (nSPS) is 55.2. The van der Waals surface area contributed by atoms with Crippen LogP contribution in [0, 0.1) is 40.4 Å². The summed E-state index contributed by atoms with van der Waals surface area (Å²) in [6.07, 6.45) is -12.7. The highest BCUT2D eigenvalue weighted by Gasteiger charge is 2.76. The third-order valence-electron chi connectivity index (χ3n) is 18.3. The highest BCUT2D eigenvalue weighted by atomic mass is 16.8. The van der Waals surface area contributed by atoms with E-state index in [2.05, 4.69) is 26.8 Å². The van der Waals surface area contributed by atoms with Crippen molar-refractivity contribution in [2.75, 3.05) is 26.4 Å². The number of hydrogen-bond acceptors (Lipinski definition) is 20. The zero-order valence-electron chi connectivity index (χ0n) is 39.0. The number of carbonyl (C=O) groups excluding carboxylic acids is 1. The van der Waals surface area contributed by atoms with Gasteiger partial charge >= 0.3 is 5.97 Å². The van der Waals surface area contributed by atoms with Gasteiger partial charge in [-0.15, -0.1) is 0 Å². The maximum Gasteiger partial charge on any atom is 0.303 e. The molecule has 9 aliphatic rings. The monoisotopic (exact) mass is 958 g/mol. The van der Waals surface area contributed by atoms with E-state index in [-0.39, 0.29) is 42.5 Å². The highest BCUT2D eigenvalue weighted by Crippen LogP contribution is 2.72. The van der Waals surface area contributed by atoms with Gasteiger partial charge in [0.2, 0.25) is 0 Å². The van der Waals surface area contributed by atoms with Crippen molar-refractivity contribution in [2.45, 2.75) is 208 Å². The lowest BCUT2D eigenvalue weighted by molar-refractivity contribution is -0.370. The van der Waals surface area contributed by atoms with Gasteiger partial charge in [-0.2, -0.15) is 0 Å². The number of aliphatic hydroxyl groups excluding tert-OH is 9. The van der Waals surface area contributed by atoms with Gasteiger partial charge in [-0.25, -0.2) is 0 Å². The van der Waals surface area contributed by atoms with Crippen molar-refractivity contribution in [3.05, 3.63) is 11.6 Å². The predicted molar refractivity (Wildman–Crippen MR) is 227 cm³/mol. The molecule has 20 nitrogen and oxygen atoms in total. The maximum atomic E-state index is 13.0. The first-order chi connectivity index (χ1) is 31.7. The Morgan fingerprint density at radius 3 is 2.10 bits per heavy atom. The summed E-state index contributed by atoms with van der Waals surface area (Å²) >= 11 is 0. The average Bonchev–Trinajstić information content (AvgIpc) is 3.66. The van der Waals surface area contributed by atoms with Crippen molar-refractivity contribution in [1.29, 1.82) is 0 Å². The molecule has 3 saturated carbocycles. The van der Waals surface area contributed by atoms with Gasteiger partial charge in [0.25, 0.3) is 0 Å². The number of carbonyl (C=O) groups is 1. The van der Waals surface area contributed by atoms with Crippen molar-refractivity contribution in [3.63, 3.8) is 0 Å². The fourth-order valence-corrected chi connectivity index (χ4v) is 14.3. The molecule has 20 heteroatoms. The van der Waals surface area contributed by atoms with Gasteiger partial charge in [0.1, 0.15) is 66.6 Å². The van der Waals surface area contributed by atoms with Crippen LogP contribution in [0.4, 0.5) is 0 Å². The van der Waals surface area contributed by atoms with E-state index in [0.29, 0.717) is 43.9 Å². The minimum absolute atomic E-state index is 0.0810. The number of aliphatic hydroxyl groups is 10. The second-order valence-corrected chi connectivity index (χ2v) is 21.7. The lowest BCUT2D eigenvalue weighted by atomic mass is 9.46. The molecule has 9 rings (SSSR count). The van der Waals surface area contributed by atoms with Crippen LogP contribution in [0.2, 0.25) is 0 Å². The SMILES string of the molecule is CC(=O)OC1C(C)OC(OC2C(OC3CCC4(C)C(=CCC5C4CCC4(C)C5CC5OC6(CCC(COC7OC(CO)C(O)C(O)C7O)CO6)C(C)C54O)C3)OC(CO)C(O)C2O)C(O)C1O. The van der Waals surface area contributed by atoms with Crippen molar-refractivity contribution >= 4 is 5.97 Å². The van der Waals surface area contributed by atoms with Crippen LogP contribution in [0.3, 0.4) is 0 Å². The summed E-state index contributed by atoms with van der Waals surface area (Å²) in [5.41, 5.74) is -0.430. The zero-order valence-corrected chi connectivity index (χ0v) is 39.0. The van der Waals surface area contributed by atoms with Crippen LogP contribution in [-0.2, 0) is 47.4 Å². The summed E-state index contributed by atoms with van der Waals surface area (Å²) in [5, 5.41) is 107. The van der Waals surface area contributed by atoms with E-state index >= 15 is 0 Å². The largest absolute Gasteiger partial charge is 0.457 e. The Hall–Kier alpha value is -1.51. The second kappa shape index (κ2) is 18.8. The van der Waals surface area contributed by atoms with E-state index in [1.165, 1.54) is 19.4 Å². The Morgan fingerprint density at radius 1 is 0.761 bits per heavy atom. The molecule has 5 aliphatic heterocycles. The molecule has 4 aliphatic carbocycles. The molecule has 1 spiro atoms. The Labute approximate surface area is 390 Å². The zero-order chi connectivity index (χ0) is 48.1. The van der Waals surface area contributed by atoms with E-state index in [4.69, 9.17) is 42.6 Å². The number of esters is 1. The summed E-state index contributed by atoms with van der Waals surface area (Å²) in [6, 6.07) is 0. The first kappa shape index (κ1) is 50.4. The summed E-state index contributed by atoms with van der Waals surface area (Å²) in [5.74, 6) is -1.18. The molecular formula is C47H74O20. The molecule has 26 atom stereocenters. The number of hydrogen-bond donors (Lipinski definition) is 10. The van der Waals surface area contributed by atoms with Crippen LogP contribution in [0.5, 0.6) is 0 Å². The van der Waals surface area contributed by atoms with Crippen LogP contribution in [0.1, 0.15) is 92.4 Å². The van der Waals surface area contributed by atoms with Crippen molar-refractivity contribution in [2.24, 2.45) is 40.4 Å². The quantitative estimate of drug-likeness (QED) is 0.0916. The first-order valence-corrected chi connectivity index (χ1v) is 24.5. The summed E-state index contributed by atoms with van der Waals surface area (Å²) < 4.78 is 54.4. The number of allylic oxidation sites excluding steroid dienone is 1. The highest BCUT2D eigenvalue weighted by molar-refractivity contribution is 5.66. The standard InChI is InChI=1S/C47H74O20/c1-20-39(62-22(3)50)36(55)38(57)42(61-20)66-40-35(54)33(52)30(17-49)65-43(40)63-25-9-11-44(4)24(14-25)6-7-26-27(44)10-12-45(5)28(26)15-31-47(45,58)21(2)46(67-31)13-8-23(19-60-46)18-59-41-37(56)34(53)32(51)29(16-48)64-41/h6,20-21,23,25-43,48-49,51-58H,7-19H2,1-5H3. The molecule has 382 valence electrons. The average molecular weight is 959 g/mol. The summed E-state index contributed by atoms with van der Waals surface area (Å²) in [7, 11) is 0. The van der Waals surface area contributed by atoms with Crippen molar-refractivity contribution < 1.29 is 98.5 Å². The van der Waals surface area contributed by atoms with E-state index in [1.54, 1.807) is 0 Å².